The number of rotatable bonds is 5. The monoisotopic (exact) mass is 418 g/mol. The van der Waals surface area contributed by atoms with Crippen molar-refractivity contribution in [3.8, 4) is 11.4 Å². The zero-order chi connectivity index (χ0) is 18.6. The molecule has 0 aliphatic rings. The molecule has 0 bridgehead atoms. The average Bonchev–Trinajstić information content (AvgIpc) is 3.22. The lowest BCUT2D eigenvalue weighted by Gasteiger charge is -2.10. The molecule has 0 unspecified atom stereocenters. The molecule has 0 saturated carbocycles. The Labute approximate surface area is 170 Å². The van der Waals surface area contributed by atoms with Gasteiger partial charge >= 0.3 is 0 Å². The van der Waals surface area contributed by atoms with Crippen LogP contribution in [0, 0.1) is 5.82 Å². The first-order chi connectivity index (χ1) is 13.2. The van der Waals surface area contributed by atoms with E-state index in [1.54, 1.807) is 36.4 Å². The van der Waals surface area contributed by atoms with E-state index in [4.69, 9.17) is 11.6 Å². The lowest BCUT2D eigenvalue weighted by Crippen LogP contribution is -2.03. The maximum Gasteiger partial charge on any atom is 0.229 e. The Hall–Kier alpha value is -3.30. The summed E-state index contributed by atoms with van der Waals surface area (Å²) in [4.78, 5) is 8.13. The molecule has 3 N–H and O–H groups in total. The van der Waals surface area contributed by atoms with Gasteiger partial charge in [-0.3, -0.25) is 0 Å². The smallest absolute Gasteiger partial charge is 0.229 e. The molecule has 0 aliphatic carbocycles. The molecule has 2 aromatic carbocycles. The van der Waals surface area contributed by atoms with Gasteiger partial charge in [0.1, 0.15) is 0 Å². The number of hydrogen-bond donors (Lipinski definition) is 3. The third kappa shape index (κ3) is 4.33. The van der Waals surface area contributed by atoms with E-state index in [1.165, 1.54) is 0 Å². The minimum absolute atomic E-state index is 0. The summed E-state index contributed by atoms with van der Waals surface area (Å²) in [6.07, 6.45) is 1.09. The Morgan fingerprint density at radius 2 is 1.79 bits per heavy atom. The Balaban J connectivity index is 0.00000225. The molecule has 0 fully saturated rings. The molecule has 0 saturated heterocycles. The lowest BCUT2D eigenvalue weighted by atomic mass is 10.2. The van der Waals surface area contributed by atoms with Gasteiger partial charge in [0.2, 0.25) is 11.8 Å². The van der Waals surface area contributed by atoms with Crippen molar-refractivity contribution in [2.75, 3.05) is 10.6 Å². The van der Waals surface area contributed by atoms with Gasteiger partial charge in [-0.25, -0.2) is 9.37 Å². The predicted octanol–water partition coefficient (Wildman–Crippen LogP) is 4.36. The number of H-pyrrole nitrogens is 1. The Kier molecular flexibility index (Phi) is 5.97. The standard InChI is InChI=1S/C17H12ClFN8.ClH/c18-12-3-1-2-4-14(12)22-16-13(19)9-20-17(23-16)21-11-7-5-10(6-8-11)15-24-26-27-25-15;/h1-9H,(H2,20,21,22,23)(H,24,25,26,27);1H. The second-order valence-corrected chi connectivity index (χ2v) is 5.84. The van der Waals surface area contributed by atoms with E-state index in [0.29, 0.717) is 16.5 Å². The van der Waals surface area contributed by atoms with Crippen LogP contribution in [0.3, 0.4) is 0 Å². The van der Waals surface area contributed by atoms with Crippen molar-refractivity contribution >= 4 is 47.1 Å². The maximum atomic E-state index is 14.1. The summed E-state index contributed by atoms with van der Waals surface area (Å²) < 4.78 is 14.1. The molecular weight excluding hydrogens is 406 g/mol. The number of halogens is 3. The zero-order valence-electron chi connectivity index (χ0n) is 14.1. The van der Waals surface area contributed by atoms with Crippen LogP contribution in [0.15, 0.2) is 54.7 Å². The first-order valence-electron chi connectivity index (χ1n) is 7.84. The van der Waals surface area contributed by atoms with E-state index in [2.05, 4.69) is 41.2 Å². The van der Waals surface area contributed by atoms with E-state index < -0.39 is 5.82 Å². The minimum atomic E-state index is -0.590. The summed E-state index contributed by atoms with van der Waals surface area (Å²) in [5.41, 5.74) is 2.07. The highest BCUT2D eigenvalue weighted by Crippen LogP contribution is 2.26. The van der Waals surface area contributed by atoms with Gasteiger partial charge in [0.15, 0.2) is 11.6 Å². The molecule has 0 atom stereocenters. The number of nitrogens with one attached hydrogen (secondary N) is 3. The number of anilines is 4. The number of nitrogens with zero attached hydrogens (tertiary/aromatic N) is 5. The highest BCUT2D eigenvalue weighted by atomic mass is 35.5. The quantitative estimate of drug-likeness (QED) is 0.442. The molecule has 0 aliphatic heterocycles. The topological polar surface area (TPSA) is 104 Å². The second-order valence-electron chi connectivity index (χ2n) is 5.43. The molecular formula is C17H13Cl2FN8. The van der Waals surface area contributed by atoms with Crippen molar-refractivity contribution in [2.45, 2.75) is 0 Å². The van der Waals surface area contributed by atoms with Crippen molar-refractivity contribution in [3.05, 3.63) is 65.6 Å². The van der Waals surface area contributed by atoms with Crippen LogP contribution in [0.2, 0.25) is 5.02 Å². The third-order valence-electron chi connectivity index (χ3n) is 3.62. The molecule has 0 amide bonds. The normalized spacial score (nSPS) is 10.2. The van der Waals surface area contributed by atoms with Gasteiger partial charge < -0.3 is 10.6 Å². The van der Waals surface area contributed by atoms with Gasteiger partial charge in [0, 0.05) is 11.3 Å². The van der Waals surface area contributed by atoms with E-state index in [0.717, 1.165) is 17.4 Å². The molecule has 142 valence electrons. The molecule has 2 heterocycles. The van der Waals surface area contributed by atoms with Gasteiger partial charge in [-0.15, -0.1) is 22.6 Å². The van der Waals surface area contributed by atoms with Crippen molar-refractivity contribution in [1.82, 2.24) is 30.6 Å². The molecule has 0 radical (unpaired) electrons. The van der Waals surface area contributed by atoms with Crippen molar-refractivity contribution in [3.63, 3.8) is 0 Å². The van der Waals surface area contributed by atoms with E-state index >= 15 is 0 Å². The van der Waals surface area contributed by atoms with Crippen molar-refractivity contribution in [2.24, 2.45) is 0 Å². The lowest BCUT2D eigenvalue weighted by molar-refractivity contribution is 0.619. The van der Waals surface area contributed by atoms with E-state index in [1.807, 2.05) is 12.1 Å². The highest BCUT2D eigenvalue weighted by Gasteiger charge is 2.10. The summed E-state index contributed by atoms with van der Waals surface area (Å²) in [6, 6.07) is 14.3. The average molecular weight is 419 g/mol. The fraction of sp³-hybridized carbons (Fsp3) is 0. The van der Waals surface area contributed by atoms with Crippen LogP contribution in [-0.4, -0.2) is 30.6 Å². The summed E-state index contributed by atoms with van der Waals surface area (Å²) in [5, 5.41) is 20.1. The van der Waals surface area contributed by atoms with Crippen LogP contribution in [0.1, 0.15) is 0 Å². The van der Waals surface area contributed by atoms with Gasteiger partial charge in [0.25, 0.3) is 0 Å². The van der Waals surface area contributed by atoms with Crippen LogP contribution >= 0.6 is 24.0 Å². The number of para-hydroxylation sites is 1. The van der Waals surface area contributed by atoms with Gasteiger partial charge in [-0.05, 0) is 41.6 Å². The van der Waals surface area contributed by atoms with Gasteiger partial charge in [-0.1, -0.05) is 23.7 Å². The molecule has 8 nitrogen and oxygen atoms in total. The van der Waals surface area contributed by atoms with E-state index in [9.17, 15) is 4.39 Å². The Morgan fingerprint density at radius 1 is 1.00 bits per heavy atom. The largest absolute Gasteiger partial charge is 0.336 e. The summed E-state index contributed by atoms with van der Waals surface area (Å²) in [7, 11) is 0. The molecule has 11 heteroatoms. The highest BCUT2D eigenvalue weighted by molar-refractivity contribution is 6.33. The molecule has 4 rings (SSSR count). The predicted molar refractivity (Wildman–Crippen MR) is 107 cm³/mol. The van der Waals surface area contributed by atoms with Crippen LogP contribution in [0.4, 0.5) is 27.5 Å². The fourth-order valence-corrected chi connectivity index (χ4v) is 2.50. The summed E-state index contributed by atoms with van der Waals surface area (Å²) in [5.74, 6) is 0.154. The first-order valence-corrected chi connectivity index (χ1v) is 8.22. The number of hydrogen-bond acceptors (Lipinski definition) is 7. The summed E-state index contributed by atoms with van der Waals surface area (Å²) in [6.45, 7) is 0. The molecule has 28 heavy (non-hydrogen) atoms. The van der Waals surface area contributed by atoms with E-state index in [-0.39, 0.29) is 24.2 Å². The number of benzene rings is 2. The Bertz CT molecular complexity index is 1060. The van der Waals surface area contributed by atoms with Crippen LogP contribution < -0.4 is 10.6 Å². The van der Waals surface area contributed by atoms with Gasteiger partial charge in [-0.2, -0.15) is 10.2 Å². The Morgan fingerprint density at radius 3 is 2.50 bits per heavy atom. The van der Waals surface area contributed by atoms with Gasteiger partial charge in [0.05, 0.1) is 16.9 Å². The minimum Gasteiger partial charge on any atom is -0.336 e. The molecule has 2 aromatic heterocycles. The number of tetrazole rings is 1. The molecule has 4 aromatic rings. The van der Waals surface area contributed by atoms with Crippen molar-refractivity contribution in [1.29, 1.82) is 0 Å². The second kappa shape index (κ2) is 8.59. The third-order valence-corrected chi connectivity index (χ3v) is 3.95. The van der Waals surface area contributed by atoms with Crippen LogP contribution in [0.25, 0.3) is 11.4 Å². The SMILES string of the molecule is Cl.Fc1cnc(Nc2ccc(-c3nn[nH]n3)cc2)nc1Nc1ccccc1Cl. The number of aromatic amines is 1. The summed E-state index contributed by atoms with van der Waals surface area (Å²) >= 11 is 6.09. The fourth-order valence-electron chi connectivity index (χ4n) is 2.32. The van der Waals surface area contributed by atoms with Crippen LogP contribution in [-0.2, 0) is 0 Å². The van der Waals surface area contributed by atoms with Crippen molar-refractivity contribution < 1.29 is 4.39 Å². The van der Waals surface area contributed by atoms with Crippen LogP contribution in [0.5, 0.6) is 0 Å². The molecule has 0 spiro atoms. The zero-order valence-corrected chi connectivity index (χ0v) is 15.7. The maximum absolute atomic E-state index is 14.1. The first kappa shape index (κ1) is 19.5. The number of aromatic nitrogens is 6.